The molecule has 1 unspecified atom stereocenters. The van der Waals surface area contributed by atoms with E-state index in [0.717, 1.165) is 32.5 Å². The van der Waals surface area contributed by atoms with Crippen molar-refractivity contribution in [3.05, 3.63) is 94.1 Å². The van der Waals surface area contributed by atoms with E-state index in [0.29, 0.717) is 23.1 Å². The van der Waals surface area contributed by atoms with Crippen LogP contribution in [0.4, 0.5) is 5.13 Å². The van der Waals surface area contributed by atoms with Gasteiger partial charge in [0.2, 0.25) is 0 Å². The number of carbonyl (C=O) groups is 2. The summed E-state index contributed by atoms with van der Waals surface area (Å²) in [7, 11) is 0. The number of Topliss-reactive ketones (excluding diaryl/α,β-unsaturated/α-hetero) is 1. The molecule has 0 aliphatic carbocycles. The van der Waals surface area contributed by atoms with Crippen molar-refractivity contribution in [2.45, 2.75) is 53.0 Å². The lowest BCUT2D eigenvalue weighted by Gasteiger charge is -2.24. The molecule has 1 aromatic heterocycles. The normalized spacial score (nSPS) is 17.3. The number of hydrogen-bond acceptors (Lipinski definition) is 6. The Morgan fingerprint density at radius 1 is 1.03 bits per heavy atom. The number of ether oxygens (including phenoxy) is 1. The third-order valence-corrected chi connectivity index (χ3v) is 8.00. The lowest BCUT2D eigenvalue weighted by molar-refractivity contribution is -0.132. The number of nitrogens with zero attached hydrogens (tertiary/aromatic N) is 2. The number of anilines is 1. The Balaban J connectivity index is 1.70. The fourth-order valence-corrected chi connectivity index (χ4v) is 6.17. The first-order valence-electron chi connectivity index (χ1n) is 13.0. The summed E-state index contributed by atoms with van der Waals surface area (Å²) in [6, 6.07) is 18.0. The van der Waals surface area contributed by atoms with Crippen molar-refractivity contribution in [2.75, 3.05) is 11.5 Å². The second-order valence-electron chi connectivity index (χ2n) is 10.9. The molecule has 1 saturated heterocycles. The predicted molar refractivity (Wildman–Crippen MR) is 157 cm³/mol. The van der Waals surface area contributed by atoms with Gasteiger partial charge < -0.3 is 9.84 Å². The van der Waals surface area contributed by atoms with E-state index in [2.05, 4.69) is 26.8 Å². The van der Waals surface area contributed by atoms with Gasteiger partial charge in [-0.15, -0.1) is 0 Å². The minimum absolute atomic E-state index is 0.0415. The highest BCUT2D eigenvalue weighted by atomic mass is 32.1. The van der Waals surface area contributed by atoms with Gasteiger partial charge in [-0.05, 0) is 78.8 Å². The number of fused-ring (bicyclic) bond motifs is 1. The van der Waals surface area contributed by atoms with Crippen LogP contribution in [-0.4, -0.2) is 28.4 Å². The monoisotopic (exact) mass is 540 g/mol. The van der Waals surface area contributed by atoms with Gasteiger partial charge in [0.05, 0.1) is 28.4 Å². The van der Waals surface area contributed by atoms with Crippen molar-refractivity contribution in [3.8, 4) is 5.75 Å². The first-order valence-corrected chi connectivity index (χ1v) is 13.8. The number of thiazole rings is 1. The third-order valence-electron chi connectivity index (χ3n) is 7.00. The fourth-order valence-electron chi connectivity index (χ4n) is 5.00. The number of aliphatic hydroxyl groups excluding tert-OH is 1. The molecular formula is C32H32N2O4S. The molecule has 5 rings (SSSR count). The van der Waals surface area contributed by atoms with Gasteiger partial charge in [0.25, 0.3) is 5.78 Å². The maximum Gasteiger partial charge on any atom is 0.301 e. The molecule has 1 fully saturated rings. The number of carbonyl (C=O) groups excluding carboxylic acids is 2. The Labute approximate surface area is 232 Å². The lowest BCUT2D eigenvalue weighted by Crippen LogP contribution is -2.29. The van der Waals surface area contributed by atoms with Crippen LogP contribution in [-0.2, 0) is 15.0 Å². The smallest absolute Gasteiger partial charge is 0.301 e. The van der Waals surface area contributed by atoms with Crippen molar-refractivity contribution in [2.24, 2.45) is 0 Å². The molecule has 1 atom stereocenters. The van der Waals surface area contributed by atoms with E-state index >= 15 is 0 Å². The summed E-state index contributed by atoms with van der Waals surface area (Å²) < 4.78 is 6.46. The number of benzene rings is 3. The van der Waals surface area contributed by atoms with E-state index in [-0.39, 0.29) is 16.7 Å². The van der Waals surface area contributed by atoms with Crippen LogP contribution in [0.5, 0.6) is 5.75 Å². The Bertz CT molecular complexity index is 1610. The molecule has 0 spiro atoms. The summed E-state index contributed by atoms with van der Waals surface area (Å²) >= 11 is 1.37. The molecule has 2 heterocycles. The zero-order valence-electron chi connectivity index (χ0n) is 23.0. The van der Waals surface area contributed by atoms with Gasteiger partial charge in [-0.1, -0.05) is 62.4 Å². The SMILES string of the molecule is CCOc1ccc(/C(O)=C2\C(=O)C(=O)N(c3nc4c(C)cc(C)cc4s3)C2c2ccc(C(C)(C)C)cc2)cc1. The second-order valence-corrected chi connectivity index (χ2v) is 11.9. The van der Waals surface area contributed by atoms with Gasteiger partial charge in [0, 0.05) is 5.56 Å². The van der Waals surface area contributed by atoms with Gasteiger partial charge in [-0.3, -0.25) is 14.5 Å². The van der Waals surface area contributed by atoms with Crippen LogP contribution in [0.2, 0.25) is 0 Å². The van der Waals surface area contributed by atoms with Gasteiger partial charge in [0.15, 0.2) is 5.13 Å². The van der Waals surface area contributed by atoms with E-state index in [1.807, 2.05) is 51.1 Å². The predicted octanol–water partition coefficient (Wildman–Crippen LogP) is 7.24. The van der Waals surface area contributed by atoms with Crippen molar-refractivity contribution < 1.29 is 19.4 Å². The van der Waals surface area contributed by atoms with E-state index in [4.69, 9.17) is 9.72 Å². The van der Waals surface area contributed by atoms with Gasteiger partial charge in [-0.25, -0.2) is 4.98 Å². The minimum atomic E-state index is -0.826. The zero-order chi connectivity index (χ0) is 28.1. The highest BCUT2D eigenvalue weighted by molar-refractivity contribution is 7.22. The van der Waals surface area contributed by atoms with E-state index in [1.54, 1.807) is 24.3 Å². The maximum atomic E-state index is 13.6. The van der Waals surface area contributed by atoms with Crippen molar-refractivity contribution in [1.82, 2.24) is 4.98 Å². The minimum Gasteiger partial charge on any atom is -0.507 e. The quantitative estimate of drug-likeness (QED) is 0.164. The van der Waals surface area contributed by atoms with Crippen LogP contribution in [0.1, 0.15) is 61.6 Å². The summed E-state index contributed by atoms with van der Waals surface area (Å²) in [6.45, 7) is 12.8. The van der Waals surface area contributed by atoms with Crippen LogP contribution in [0.25, 0.3) is 16.0 Å². The summed E-state index contributed by atoms with van der Waals surface area (Å²) in [5.41, 5.74) is 5.17. The number of aromatic nitrogens is 1. The lowest BCUT2D eigenvalue weighted by atomic mass is 9.85. The zero-order valence-corrected chi connectivity index (χ0v) is 23.8. The van der Waals surface area contributed by atoms with Crippen molar-refractivity contribution in [1.29, 1.82) is 0 Å². The van der Waals surface area contributed by atoms with Crippen molar-refractivity contribution >= 4 is 44.1 Å². The molecular weight excluding hydrogens is 508 g/mol. The number of aryl methyl sites for hydroxylation is 2. The van der Waals surface area contributed by atoms with Gasteiger partial charge in [0.1, 0.15) is 11.5 Å². The van der Waals surface area contributed by atoms with Crippen LogP contribution in [0, 0.1) is 13.8 Å². The molecule has 3 aromatic carbocycles. The van der Waals surface area contributed by atoms with Crippen LogP contribution in [0.3, 0.4) is 0 Å². The molecule has 1 amide bonds. The molecule has 6 nitrogen and oxygen atoms in total. The summed E-state index contributed by atoms with van der Waals surface area (Å²) in [6.07, 6.45) is 0. The Morgan fingerprint density at radius 3 is 2.31 bits per heavy atom. The van der Waals surface area contributed by atoms with Gasteiger partial charge >= 0.3 is 5.91 Å². The summed E-state index contributed by atoms with van der Waals surface area (Å²) in [5.74, 6) is -1.01. The molecule has 7 heteroatoms. The van der Waals surface area contributed by atoms with Crippen LogP contribution >= 0.6 is 11.3 Å². The maximum absolute atomic E-state index is 13.6. The standard InChI is InChI=1S/C32H32N2O4S/c1-7-38-23-14-10-21(11-15-23)28(35)25-27(20-8-12-22(13-9-20)32(4,5)6)34(30(37)29(25)36)31-33-26-19(3)16-18(2)17-24(26)39-31/h8-17,27,35H,7H2,1-6H3/b28-25+. The molecule has 4 aromatic rings. The van der Waals surface area contributed by atoms with Crippen molar-refractivity contribution in [3.63, 3.8) is 0 Å². The first kappa shape index (κ1) is 26.6. The number of rotatable bonds is 5. The fraction of sp³-hybridized carbons (Fsp3) is 0.281. The molecule has 200 valence electrons. The molecule has 39 heavy (non-hydrogen) atoms. The molecule has 0 bridgehead atoms. The summed E-state index contributed by atoms with van der Waals surface area (Å²) in [4.78, 5) is 33.4. The Morgan fingerprint density at radius 2 is 1.69 bits per heavy atom. The molecule has 1 N–H and O–H groups in total. The molecule has 0 radical (unpaired) electrons. The average molecular weight is 541 g/mol. The number of ketones is 1. The number of aliphatic hydroxyl groups is 1. The highest BCUT2D eigenvalue weighted by Crippen LogP contribution is 2.45. The number of amides is 1. The largest absolute Gasteiger partial charge is 0.507 e. The highest BCUT2D eigenvalue weighted by Gasteiger charge is 2.48. The topological polar surface area (TPSA) is 79.7 Å². The van der Waals surface area contributed by atoms with Crippen LogP contribution in [0.15, 0.2) is 66.2 Å². The Hall–Kier alpha value is -3.97. The second kappa shape index (κ2) is 9.97. The molecule has 1 aliphatic rings. The van der Waals surface area contributed by atoms with E-state index in [9.17, 15) is 14.7 Å². The van der Waals surface area contributed by atoms with E-state index < -0.39 is 17.7 Å². The third kappa shape index (κ3) is 4.83. The van der Waals surface area contributed by atoms with E-state index in [1.165, 1.54) is 16.2 Å². The van der Waals surface area contributed by atoms with Crippen LogP contribution < -0.4 is 9.64 Å². The van der Waals surface area contributed by atoms with Gasteiger partial charge in [-0.2, -0.15) is 0 Å². The molecule has 1 aliphatic heterocycles. The molecule has 0 saturated carbocycles. The Kier molecular flexibility index (Phi) is 6.81. The first-order chi connectivity index (χ1) is 18.5. The average Bonchev–Trinajstić information content (AvgIpc) is 3.42. The number of hydrogen-bond donors (Lipinski definition) is 1. The summed E-state index contributed by atoms with van der Waals surface area (Å²) in [5, 5.41) is 11.9.